The van der Waals surface area contributed by atoms with Gasteiger partial charge in [-0.3, -0.25) is 0 Å². The van der Waals surface area contributed by atoms with E-state index < -0.39 is 0 Å². The van der Waals surface area contributed by atoms with Crippen LogP contribution < -0.4 is 0 Å². The molecule has 0 amide bonds. The molecule has 0 aromatic heterocycles. The molecule has 0 aliphatic heterocycles. The Morgan fingerprint density at radius 3 is 2.48 bits per heavy atom. The second-order valence-electron chi connectivity index (χ2n) is 6.31. The summed E-state index contributed by atoms with van der Waals surface area (Å²) in [4.78, 5) is 0. The minimum atomic E-state index is 0.589. The summed E-state index contributed by atoms with van der Waals surface area (Å²) < 4.78 is 0. The van der Waals surface area contributed by atoms with Crippen LogP contribution >= 0.6 is 0 Å². The second kappa shape index (κ2) is 4.73. The van der Waals surface area contributed by atoms with E-state index in [1.807, 2.05) is 0 Å². The van der Waals surface area contributed by atoms with Crippen LogP contribution in [0.1, 0.15) is 37.8 Å². The van der Waals surface area contributed by atoms with Gasteiger partial charge in [0.15, 0.2) is 0 Å². The summed E-state index contributed by atoms with van der Waals surface area (Å²) >= 11 is 0. The maximum atomic E-state index is 2.33. The van der Waals surface area contributed by atoms with Gasteiger partial charge in [-0.25, -0.2) is 0 Å². The van der Waals surface area contributed by atoms with E-state index in [4.69, 9.17) is 0 Å². The molecule has 0 unspecified atom stereocenters. The molecule has 0 saturated heterocycles. The van der Waals surface area contributed by atoms with Crippen molar-refractivity contribution in [3.05, 3.63) is 82.5 Å². The van der Waals surface area contributed by atoms with E-state index >= 15 is 0 Å². The van der Waals surface area contributed by atoms with E-state index in [9.17, 15) is 0 Å². The van der Waals surface area contributed by atoms with Crippen molar-refractivity contribution in [1.29, 1.82) is 0 Å². The number of allylic oxidation sites excluding steroid dienone is 10. The van der Waals surface area contributed by atoms with Gasteiger partial charge >= 0.3 is 0 Å². The lowest BCUT2D eigenvalue weighted by atomic mass is 9.89. The quantitative estimate of drug-likeness (QED) is 0.647. The Morgan fingerprint density at radius 1 is 0.905 bits per heavy atom. The van der Waals surface area contributed by atoms with Gasteiger partial charge in [0.2, 0.25) is 0 Å². The van der Waals surface area contributed by atoms with Crippen molar-refractivity contribution in [3.63, 3.8) is 0 Å². The molecule has 0 nitrogen and oxygen atoms in total. The van der Waals surface area contributed by atoms with Crippen LogP contribution in [0, 0.1) is 5.92 Å². The summed E-state index contributed by atoms with van der Waals surface area (Å²) in [6.45, 7) is 4.60. The lowest BCUT2D eigenvalue weighted by molar-refractivity contribution is 0.788. The maximum absolute atomic E-state index is 2.33. The first-order valence-corrected chi connectivity index (χ1v) is 7.87. The predicted octanol–water partition coefficient (Wildman–Crippen LogP) is 5.71. The van der Waals surface area contributed by atoms with E-state index in [0.717, 1.165) is 12.8 Å². The molecule has 4 rings (SSSR count). The average molecular weight is 272 g/mol. The van der Waals surface area contributed by atoms with Gasteiger partial charge in [-0.05, 0) is 57.8 Å². The summed E-state index contributed by atoms with van der Waals surface area (Å²) in [6, 6.07) is 8.89. The summed E-state index contributed by atoms with van der Waals surface area (Å²) in [5.41, 5.74) is 10.4. The molecular weight excluding hydrogens is 252 g/mol. The monoisotopic (exact) mass is 272 g/mol. The molecule has 3 aliphatic rings. The van der Waals surface area contributed by atoms with E-state index in [-0.39, 0.29) is 0 Å². The van der Waals surface area contributed by atoms with E-state index in [2.05, 4.69) is 68.5 Å². The van der Waals surface area contributed by atoms with Crippen LogP contribution in [0.15, 0.2) is 71.4 Å². The van der Waals surface area contributed by atoms with Gasteiger partial charge in [0.05, 0.1) is 0 Å². The lowest BCUT2D eigenvalue weighted by Gasteiger charge is -2.15. The zero-order chi connectivity index (χ0) is 14.4. The van der Waals surface area contributed by atoms with Crippen LogP contribution in [-0.2, 0) is 0 Å². The largest absolute Gasteiger partial charge is 0.0801 e. The molecule has 21 heavy (non-hydrogen) atoms. The van der Waals surface area contributed by atoms with Gasteiger partial charge in [0.25, 0.3) is 0 Å². The number of hydrogen-bond donors (Lipinski definition) is 0. The standard InChI is InChI=1S/C21H20/c1-14(2)15-12-7-13-18(15)21-19-10-5-3-8-16(19)17-9-4-6-11-20(17)21/h3-10,12,14H,11,13H2,1-2H3. The van der Waals surface area contributed by atoms with Crippen molar-refractivity contribution in [3.8, 4) is 0 Å². The fourth-order valence-electron chi connectivity index (χ4n) is 3.80. The normalized spacial score (nSPS) is 19.5. The lowest BCUT2D eigenvalue weighted by Crippen LogP contribution is -1.97. The fourth-order valence-corrected chi connectivity index (χ4v) is 3.80. The number of rotatable bonds is 2. The molecule has 0 spiro atoms. The Kier molecular flexibility index (Phi) is 2.85. The van der Waals surface area contributed by atoms with Crippen molar-refractivity contribution in [2.45, 2.75) is 26.7 Å². The number of hydrogen-bond acceptors (Lipinski definition) is 0. The van der Waals surface area contributed by atoms with Gasteiger partial charge in [-0.1, -0.05) is 68.5 Å². The molecule has 0 saturated carbocycles. The highest BCUT2D eigenvalue weighted by molar-refractivity contribution is 6.06. The third kappa shape index (κ3) is 1.82. The van der Waals surface area contributed by atoms with Crippen LogP contribution in [0.5, 0.6) is 0 Å². The Hall–Kier alpha value is -2.08. The predicted molar refractivity (Wildman–Crippen MR) is 90.7 cm³/mol. The molecule has 0 atom stereocenters. The van der Waals surface area contributed by atoms with Gasteiger partial charge < -0.3 is 0 Å². The van der Waals surface area contributed by atoms with Gasteiger partial charge in [-0.2, -0.15) is 0 Å². The molecule has 104 valence electrons. The molecule has 0 fully saturated rings. The smallest absolute Gasteiger partial charge is 0.00819 e. The molecule has 0 N–H and O–H groups in total. The summed E-state index contributed by atoms with van der Waals surface area (Å²) in [7, 11) is 0. The molecule has 0 heterocycles. The second-order valence-corrected chi connectivity index (χ2v) is 6.31. The molecular formula is C21H20. The van der Waals surface area contributed by atoms with Crippen LogP contribution in [0.4, 0.5) is 0 Å². The fraction of sp³-hybridized carbons (Fsp3) is 0.238. The number of fused-ring (bicyclic) bond motifs is 3. The minimum Gasteiger partial charge on any atom is -0.0801 e. The molecule has 1 aromatic carbocycles. The molecule has 1 aromatic rings. The topological polar surface area (TPSA) is 0 Å². The Morgan fingerprint density at radius 2 is 1.67 bits per heavy atom. The Bertz CT molecular complexity index is 761. The van der Waals surface area contributed by atoms with Crippen LogP contribution in [0.3, 0.4) is 0 Å². The average Bonchev–Trinajstić information content (AvgIpc) is 3.09. The summed E-state index contributed by atoms with van der Waals surface area (Å²) in [6.07, 6.45) is 13.6. The van der Waals surface area contributed by atoms with Crippen molar-refractivity contribution in [2.75, 3.05) is 0 Å². The van der Waals surface area contributed by atoms with Gasteiger partial charge in [0.1, 0.15) is 0 Å². The first-order valence-electron chi connectivity index (χ1n) is 7.87. The Labute approximate surface area is 126 Å². The van der Waals surface area contributed by atoms with E-state index in [1.54, 1.807) is 5.57 Å². The van der Waals surface area contributed by atoms with E-state index in [0.29, 0.717) is 5.92 Å². The van der Waals surface area contributed by atoms with Crippen LogP contribution in [0.2, 0.25) is 0 Å². The molecule has 0 heteroatoms. The highest BCUT2D eigenvalue weighted by Gasteiger charge is 2.30. The first-order chi connectivity index (χ1) is 10.3. The minimum absolute atomic E-state index is 0.589. The van der Waals surface area contributed by atoms with Crippen LogP contribution in [0.25, 0.3) is 11.1 Å². The summed E-state index contributed by atoms with van der Waals surface area (Å²) in [5, 5.41) is 0. The molecule has 3 aliphatic carbocycles. The zero-order valence-corrected chi connectivity index (χ0v) is 12.7. The highest BCUT2D eigenvalue weighted by Crippen LogP contribution is 2.50. The Balaban J connectivity index is 1.98. The highest BCUT2D eigenvalue weighted by atomic mass is 14.3. The van der Waals surface area contributed by atoms with E-state index in [1.165, 1.54) is 33.4 Å². The SMILES string of the molecule is CC(C)C1=C(C2=C3CC=CC=C3c3ccccc32)CC=C1. The van der Waals surface area contributed by atoms with Crippen LogP contribution in [-0.4, -0.2) is 0 Å². The van der Waals surface area contributed by atoms with Gasteiger partial charge in [0, 0.05) is 0 Å². The zero-order valence-electron chi connectivity index (χ0n) is 12.7. The third-order valence-corrected chi connectivity index (χ3v) is 4.73. The number of benzene rings is 1. The molecule has 0 bridgehead atoms. The van der Waals surface area contributed by atoms with Crippen molar-refractivity contribution in [1.82, 2.24) is 0 Å². The summed E-state index contributed by atoms with van der Waals surface area (Å²) in [5.74, 6) is 0.589. The maximum Gasteiger partial charge on any atom is -0.00819 e. The third-order valence-electron chi connectivity index (χ3n) is 4.73. The van der Waals surface area contributed by atoms with Crippen molar-refractivity contribution < 1.29 is 0 Å². The molecule has 0 radical (unpaired) electrons. The van der Waals surface area contributed by atoms with Crippen molar-refractivity contribution in [2.24, 2.45) is 5.92 Å². The van der Waals surface area contributed by atoms with Gasteiger partial charge in [-0.15, -0.1) is 0 Å². The van der Waals surface area contributed by atoms with Crippen molar-refractivity contribution >= 4 is 11.1 Å². The first kappa shape index (κ1) is 12.6.